The normalized spacial score (nSPS) is 21.8. The van der Waals surface area contributed by atoms with Gasteiger partial charge in [-0.1, -0.05) is 6.07 Å². The number of nitrogens with zero attached hydrogens (tertiary/aromatic N) is 3. The first-order valence-electron chi connectivity index (χ1n) is 11.5. The number of nitrogens with one attached hydrogen (secondary N) is 1. The Balaban J connectivity index is 0.00000324. The first kappa shape index (κ1) is 26.8. The number of ether oxygens (including phenoxy) is 2. The van der Waals surface area contributed by atoms with Crippen LogP contribution in [0.1, 0.15) is 23.2 Å². The Morgan fingerprint density at radius 2 is 1.74 bits per heavy atom. The van der Waals surface area contributed by atoms with Crippen molar-refractivity contribution in [3.8, 4) is 0 Å². The van der Waals surface area contributed by atoms with Crippen LogP contribution in [-0.4, -0.2) is 113 Å². The predicted octanol–water partition coefficient (Wildman–Crippen LogP) is 0.182. The molecule has 0 spiro atoms. The summed E-state index contributed by atoms with van der Waals surface area (Å²) < 4.78 is 38.7. The van der Waals surface area contributed by atoms with Gasteiger partial charge in [0.25, 0.3) is 5.91 Å². The molecule has 3 aliphatic rings. The molecule has 34 heavy (non-hydrogen) atoms. The van der Waals surface area contributed by atoms with E-state index in [1.54, 1.807) is 17.0 Å². The number of carbonyl (C=O) groups excluding carboxylic acids is 2. The Morgan fingerprint density at radius 3 is 2.41 bits per heavy atom. The number of morpholine rings is 1. The van der Waals surface area contributed by atoms with Gasteiger partial charge in [-0.25, -0.2) is 13.1 Å². The van der Waals surface area contributed by atoms with Crippen molar-refractivity contribution in [3.05, 3.63) is 29.8 Å². The van der Waals surface area contributed by atoms with E-state index in [0.717, 1.165) is 12.8 Å². The van der Waals surface area contributed by atoms with Crippen LogP contribution in [-0.2, 0) is 24.3 Å². The molecule has 0 bridgehead atoms. The molecule has 10 nitrogen and oxygen atoms in total. The number of rotatable bonds is 7. The average Bonchev–Trinajstić information content (AvgIpc) is 3.37. The van der Waals surface area contributed by atoms with Crippen LogP contribution in [0.5, 0.6) is 0 Å². The molecule has 1 atom stereocenters. The lowest BCUT2D eigenvalue weighted by atomic mass is 10.2. The maximum atomic E-state index is 13.0. The van der Waals surface area contributed by atoms with Gasteiger partial charge in [-0.3, -0.25) is 14.5 Å². The topological polar surface area (TPSA) is 108 Å². The Labute approximate surface area is 207 Å². The fourth-order valence-electron chi connectivity index (χ4n) is 4.28. The van der Waals surface area contributed by atoms with Crippen LogP contribution < -0.4 is 4.72 Å². The minimum atomic E-state index is -3.73. The molecule has 0 radical (unpaired) electrons. The van der Waals surface area contributed by atoms with E-state index in [4.69, 9.17) is 9.47 Å². The summed E-state index contributed by atoms with van der Waals surface area (Å²) in [5.41, 5.74) is 0.341. The number of piperazine rings is 1. The summed E-state index contributed by atoms with van der Waals surface area (Å²) in [6, 6.07) is 6.14. The van der Waals surface area contributed by atoms with Crippen LogP contribution in [0.4, 0.5) is 0 Å². The number of carbonyl (C=O) groups is 2. The summed E-state index contributed by atoms with van der Waals surface area (Å²) in [5.74, 6) is -0.114. The molecule has 3 heterocycles. The summed E-state index contributed by atoms with van der Waals surface area (Å²) in [6.07, 6.45) is 1.67. The monoisotopic (exact) mass is 516 g/mol. The quantitative estimate of drug-likeness (QED) is 0.550. The van der Waals surface area contributed by atoms with E-state index in [1.807, 2.05) is 4.90 Å². The minimum Gasteiger partial charge on any atom is -0.378 e. The van der Waals surface area contributed by atoms with Gasteiger partial charge >= 0.3 is 0 Å². The number of amides is 2. The molecule has 1 aromatic carbocycles. The molecular weight excluding hydrogens is 484 g/mol. The molecule has 4 rings (SSSR count). The molecule has 0 aromatic heterocycles. The lowest BCUT2D eigenvalue weighted by Gasteiger charge is -2.36. The van der Waals surface area contributed by atoms with Gasteiger partial charge in [0.1, 0.15) is 0 Å². The number of halogens is 1. The average molecular weight is 517 g/mol. The minimum absolute atomic E-state index is 0. The molecule has 1 unspecified atom stereocenters. The lowest BCUT2D eigenvalue weighted by Crippen LogP contribution is -2.52. The summed E-state index contributed by atoms with van der Waals surface area (Å²) in [5, 5.41) is 0. The Kier molecular flexibility index (Phi) is 9.69. The standard InChI is InChI=1S/C22H32N4O6S.ClH/c27-21(25-10-13-31-14-11-25)17-24-6-8-26(9-7-24)22(28)18-3-1-5-20(15-18)33(29,30)23-16-19-4-2-12-32-19;/h1,3,5,15,19,23H,2,4,6-14,16-17H2;1H. The highest BCUT2D eigenvalue weighted by Gasteiger charge is 2.27. The summed E-state index contributed by atoms with van der Waals surface area (Å²) >= 11 is 0. The molecule has 3 aliphatic heterocycles. The third kappa shape index (κ3) is 6.89. The molecule has 3 fully saturated rings. The summed E-state index contributed by atoms with van der Waals surface area (Å²) in [7, 11) is -3.73. The Hall–Kier alpha value is -1.76. The molecule has 12 heteroatoms. The molecule has 0 saturated carbocycles. The van der Waals surface area contributed by atoms with Gasteiger partial charge in [-0.15, -0.1) is 12.4 Å². The van der Waals surface area contributed by atoms with E-state index in [9.17, 15) is 18.0 Å². The van der Waals surface area contributed by atoms with Crippen molar-refractivity contribution in [2.24, 2.45) is 0 Å². The van der Waals surface area contributed by atoms with Gasteiger partial charge in [0.15, 0.2) is 0 Å². The molecule has 2 amide bonds. The number of benzene rings is 1. The molecule has 0 aliphatic carbocycles. The highest BCUT2D eigenvalue weighted by Crippen LogP contribution is 2.16. The third-order valence-corrected chi connectivity index (χ3v) is 7.72. The SMILES string of the molecule is Cl.O=C(CN1CCN(C(=O)c2cccc(S(=O)(=O)NCC3CCCO3)c2)CC1)N1CCOCC1. The van der Waals surface area contributed by atoms with Crippen molar-refractivity contribution in [2.45, 2.75) is 23.8 Å². The largest absolute Gasteiger partial charge is 0.378 e. The van der Waals surface area contributed by atoms with Gasteiger partial charge in [0.05, 0.1) is 30.8 Å². The van der Waals surface area contributed by atoms with Crippen molar-refractivity contribution in [3.63, 3.8) is 0 Å². The van der Waals surface area contributed by atoms with E-state index in [0.29, 0.717) is 71.2 Å². The Bertz CT molecular complexity index is 942. The van der Waals surface area contributed by atoms with E-state index in [2.05, 4.69) is 9.62 Å². The number of hydrogen-bond donors (Lipinski definition) is 1. The van der Waals surface area contributed by atoms with E-state index in [-0.39, 0.29) is 41.8 Å². The van der Waals surface area contributed by atoms with Gasteiger partial charge in [-0.05, 0) is 31.0 Å². The predicted molar refractivity (Wildman–Crippen MR) is 128 cm³/mol. The lowest BCUT2D eigenvalue weighted by molar-refractivity contribution is -0.136. The zero-order valence-electron chi connectivity index (χ0n) is 19.2. The smallest absolute Gasteiger partial charge is 0.253 e. The van der Waals surface area contributed by atoms with E-state index >= 15 is 0 Å². The molecule has 1 N–H and O–H groups in total. The van der Waals surface area contributed by atoms with Crippen molar-refractivity contribution in [1.82, 2.24) is 19.4 Å². The van der Waals surface area contributed by atoms with Gasteiger partial charge in [0, 0.05) is 58.0 Å². The van der Waals surface area contributed by atoms with Crippen LogP contribution in [0.2, 0.25) is 0 Å². The second kappa shape index (κ2) is 12.3. The third-order valence-electron chi connectivity index (χ3n) is 6.30. The molecular formula is C22H33ClN4O6S. The maximum Gasteiger partial charge on any atom is 0.253 e. The van der Waals surface area contributed by atoms with E-state index in [1.165, 1.54) is 12.1 Å². The second-order valence-corrected chi connectivity index (χ2v) is 10.3. The molecule has 1 aromatic rings. The van der Waals surface area contributed by atoms with Crippen LogP contribution in [0.15, 0.2) is 29.2 Å². The first-order valence-corrected chi connectivity index (χ1v) is 13.0. The molecule has 190 valence electrons. The number of hydrogen-bond acceptors (Lipinski definition) is 7. The maximum absolute atomic E-state index is 13.0. The van der Waals surface area contributed by atoms with Crippen LogP contribution in [0.3, 0.4) is 0 Å². The zero-order valence-corrected chi connectivity index (χ0v) is 20.8. The van der Waals surface area contributed by atoms with E-state index < -0.39 is 10.0 Å². The van der Waals surface area contributed by atoms with Crippen molar-refractivity contribution in [2.75, 3.05) is 72.2 Å². The fraction of sp³-hybridized carbons (Fsp3) is 0.636. The van der Waals surface area contributed by atoms with Gasteiger partial charge in [-0.2, -0.15) is 0 Å². The van der Waals surface area contributed by atoms with Crippen LogP contribution >= 0.6 is 12.4 Å². The van der Waals surface area contributed by atoms with Crippen LogP contribution in [0, 0.1) is 0 Å². The van der Waals surface area contributed by atoms with Gasteiger partial charge in [0.2, 0.25) is 15.9 Å². The van der Waals surface area contributed by atoms with Crippen molar-refractivity contribution < 1.29 is 27.5 Å². The highest BCUT2D eigenvalue weighted by molar-refractivity contribution is 7.89. The van der Waals surface area contributed by atoms with Crippen LogP contribution in [0.25, 0.3) is 0 Å². The van der Waals surface area contributed by atoms with Crippen molar-refractivity contribution >= 4 is 34.2 Å². The Morgan fingerprint density at radius 1 is 1.00 bits per heavy atom. The highest BCUT2D eigenvalue weighted by atomic mass is 35.5. The fourth-order valence-corrected chi connectivity index (χ4v) is 5.40. The summed E-state index contributed by atoms with van der Waals surface area (Å²) in [4.78, 5) is 31.1. The second-order valence-electron chi connectivity index (χ2n) is 8.58. The van der Waals surface area contributed by atoms with Gasteiger partial charge < -0.3 is 19.3 Å². The molecule has 3 saturated heterocycles. The number of sulfonamides is 1. The zero-order chi connectivity index (χ0) is 23.3. The first-order chi connectivity index (χ1) is 15.9. The van der Waals surface area contributed by atoms with Crippen molar-refractivity contribution in [1.29, 1.82) is 0 Å². The summed E-state index contributed by atoms with van der Waals surface area (Å²) in [6.45, 7) is 5.80.